The lowest BCUT2D eigenvalue weighted by Crippen LogP contribution is -2.19. The molecule has 128 valence electrons. The molecule has 2 heterocycles. The Bertz CT molecular complexity index is 1300. The number of benzene rings is 2. The fraction of sp³-hybridized carbons (Fsp3) is 0.111. The maximum Gasteiger partial charge on any atom is 0.283 e. The van der Waals surface area contributed by atoms with Crippen molar-refractivity contribution in [3.05, 3.63) is 69.8 Å². The number of nitrogens with one attached hydrogen (secondary N) is 1. The second kappa shape index (κ2) is 5.61. The molecule has 0 saturated heterocycles. The standard InChI is InChI=1S/C18H12N4O3S/c1-10-6-7-14-12(8-10)18(23)21-17(20-14)13(9-19)16-11-4-2-3-5-15(11)26(24,25)22-16/h2-8,13H,1H3,(H,20,21,23)/t13-/m1/s1. The number of hydrogen-bond donors (Lipinski definition) is 1. The van der Waals surface area contributed by atoms with Crippen molar-refractivity contribution in [2.45, 2.75) is 17.7 Å². The predicted octanol–water partition coefficient (Wildman–Crippen LogP) is 2.03. The molecule has 0 bridgehead atoms. The van der Waals surface area contributed by atoms with E-state index in [9.17, 15) is 18.5 Å². The summed E-state index contributed by atoms with van der Waals surface area (Å²) in [4.78, 5) is 19.4. The van der Waals surface area contributed by atoms with Crippen LogP contribution in [0.1, 0.15) is 22.9 Å². The number of nitriles is 1. The summed E-state index contributed by atoms with van der Waals surface area (Å²) in [7, 11) is -3.86. The molecule has 0 amide bonds. The van der Waals surface area contributed by atoms with Crippen LogP contribution >= 0.6 is 0 Å². The quantitative estimate of drug-likeness (QED) is 0.747. The number of sulfonamides is 1. The summed E-state index contributed by atoms with van der Waals surface area (Å²) < 4.78 is 28.2. The molecule has 0 spiro atoms. The highest BCUT2D eigenvalue weighted by Crippen LogP contribution is 2.31. The van der Waals surface area contributed by atoms with Crippen molar-refractivity contribution in [1.82, 2.24) is 9.97 Å². The van der Waals surface area contributed by atoms with Gasteiger partial charge in [0.15, 0.2) is 0 Å². The molecule has 0 aliphatic carbocycles. The van der Waals surface area contributed by atoms with Gasteiger partial charge < -0.3 is 4.98 Å². The molecule has 2 aromatic carbocycles. The van der Waals surface area contributed by atoms with Crippen LogP contribution in [0.15, 0.2) is 56.6 Å². The van der Waals surface area contributed by atoms with Crippen LogP contribution in [0.2, 0.25) is 0 Å². The molecule has 1 aliphatic heterocycles. The van der Waals surface area contributed by atoms with Gasteiger partial charge in [-0.1, -0.05) is 29.8 Å². The molecule has 0 fully saturated rings. The van der Waals surface area contributed by atoms with E-state index in [0.29, 0.717) is 16.5 Å². The van der Waals surface area contributed by atoms with Crippen LogP contribution in [0.4, 0.5) is 0 Å². The summed E-state index contributed by atoms with van der Waals surface area (Å²) in [6.45, 7) is 1.86. The Morgan fingerprint density at radius 2 is 1.96 bits per heavy atom. The Kier molecular flexibility index (Phi) is 3.49. The van der Waals surface area contributed by atoms with Gasteiger partial charge in [0.25, 0.3) is 15.6 Å². The zero-order chi connectivity index (χ0) is 18.5. The third kappa shape index (κ3) is 2.41. The smallest absolute Gasteiger partial charge is 0.283 e. The average molecular weight is 364 g/mol. The van der Waals surface area contributed by atoms with Gasteiger partial charge in [-0.2, -0.15) is 18.1 Å². The molecule has 8 heteroatoms. The molecular weight excluding hydrogens is 352 g/mol. The van der Waals surface area contributed by atoms with E-state index in [2.05, 4.69) is 14.4 Å². The van der Waals surface area contributed by atoms with Crippen LogP contribution in [-0.4, -0.2) is 24.1 Å². The van der Waals surface area contributed by atoms with Crippen LogP contribution in [0.5, 0.6) is 0 Å². The van der Waals surface area contributed by atoms with Gasteiger partial charge in [0.05, 0.1) is 27.6 Å². The van der Waals surface area contributed by atoms with Crippen molar-refractivity contribution in [3.8, 4) is 6.07 Å². The number of H-pyrrole nitrogens is 1. The van der Waals surface area contributed by atoms with Gasteiger partial charge in [0, 0.05) is 5.56 Å². The second-order valence-electron chi connectivity index (χ2n) is 5.98. The maximum atomic E-state index is 12.4. The Balaban J connectivity index is 1.93. The lowest BCUT2D eigenvalue weighted by molar-refractivity contribution is 0.599. The summed E-state index contributed by atoms with van der Waals surface area (Å²) in [6.07, 6.45) is 0. The summed E-state index contributed by atoms with van der Waals surface area (Å²) in [5.74, 6) is -1.04. The van der Waals surface area contributed by atoms with E-state index in [1.165, 1.54) is 6.07 Å². The van der Waals surface area contributed by atoms with E-state index in [0.717, 1.165) is 5.56 Å². The van der Waals surface area contributed by atoms with Crippen molar-refractivity contribution < 1.29 is 8.42 Å². The third-order valence-corrected chi connectivity index (χ3v) is 5.56. The molecule has 0 unspecified atom stereocenters. The SMILES string of the molecule is Cc1ccc2nc([C@H](C#N)C3=NS(=O)(=O)c4ccccc43)[nH]c(=O)c2c1. The number of nitrogens with zero attached hydrogens (tertiary/aromatic N) is 3. The van der Waals surface area contributed by atoms with Gasteiger partial charge in [0.2, 0.25) is 0 Å². The minimum Gasteiger partial charge on any atom is -0.309 e. The van der Waals surface area contributed by atoms with Crippen LogP contribution < -0.4 is 5.56 Å². The number of fused-ring (bicyclic) bond motifs is 2. The van der Waals surface area contributed by atoms with Gasteiger partial charge in [-0.15, -0.1) is 0 Å². The molecule has 1 aromatic heterocycles. The van der Waals surface area contributed by atoms with Crippen molar-refractivity contribution in [3.63, 3.8) is 0 Å². The van der Waals surface area contributed by atoms with E-state index < -0.39 is 15.9 Å². The zero-order valence-electron chi connectivity index (χ0n) is 13.6. The van der Waals surface area contributed by atoms with Crippen molar-refractivity contribution in [2.24, 2.45) is 4.40 Å². The molecule has 0 radical (unpaired) electrons. The number of aryl methyl sites for hydroxylation is 1. The minimum atomic E-state index is -3.86. The van der Waals surface area contributed by atoms with E-state index in [-0.39, 0.29) is 22.0 Å². The number of aromatic nitrogens is 2. The van der Waals surface area contributed by atoms with E-state index in [1.807, 2.05) is 19.1 Å². The summed E-state index contributed by atoms with van der Waals surface area (Å²) in [5.41, 5.74) is 1.38. The van der Waals surface area contributed by atoms with E-state index >= 15 is 0 Å². The Hall–Kier alpha value is -3.31. The fourth-order valence-corrected chi connectivity index (χ4v) is 4.26. The van der Waals surface area contributed by atoms with Gasteiger partial charge in [0.1, 0.15) is 11.7 Å². The molecule has 0 saturated carbocycles. The lowest BCUT2D eigenvalue weighted by Gasteiger charge is -2.10. The largest absolute Gasteiger partial charge is 0.309 e. The highest BCUT2D eigenvalue weighted by Gasteiger charge is 2.34. The number of rotatable bonds is 2. The molecule has 1 N–H and O–H groups in total. The van der Waals surface area contributed by atoms with Crippen LogP contribution in [0, 0.1) is 18.3 Å². The molecule has 1 atom stereocenters. The van der Waals surface area contributed by atoms with Gasteiger partial charge in [-0.3, -0.25) is 4.79 Å². The minimum absolute atomic E-state index is 0.0500. The molecule has 7 nitrogen and oxygen atoms in total. The topological polar surface area (TPSA) is 116 Å². The average Bonchev–Trinajstić information content (AvgIpc) is 2.88. The van der Waals surface area contributed by atoms with Crippen molar-refractivity contribution >= 4 is 26.6 Å². The van der Waals surface area contributed by atoms with Crippen LogP contribution in [-0.2, 0) is 10.0 Å². The van der Waals surface area contributed by atoms with Crippen LogP contribution in [0.25, 0.3) is 10.9 Å². The summed E-state index contributed by atoms with van der Waals surface area (Å²) in [6, 6.07) is 13.5. The molecular formula is C18H12N4O3S. The normalized spacial score (nSPS) is 15.9. The predicted molar refractivity (Wildman–Crippen MR) is 95.6 cm³/mol. The highest BCUT2D eigenvalue weighted by molar-refractivity contribution is 7.90. The highest BCUT2D eigenvalue weighted by atomic mass is 32.2. The van der Waals surface area contributed by atoms with Crippen molar-refractivity contribution in [1.29, 1.82) is 5.26 Å². The number of hydrogen-bond acceptors (Lipinski definition) is 5. The van der Waals surface area contributed by atoms with Gasteiger partial charge in [-0.05, 0) is 25.1 Å². The van der Waals surface area contributed by atoms with Gasteiger partial charge in [-0.25, -0.2) is 4.98 Å². The van der Waals surface area contributed by atoms with Gasteiger partial charge >= 0.3 is 0 Å². The van der Waals surface area contributed by atoms with E-state index in [1.54, 1.807) is 30.3 Å². The first-order chi connectivity index (χ1) is 12.4. The Labute approximate surface area is 148 Å². The molecule has 26 heavy (non-hydrogen) atoms. The van der Waals surface area contributed by atoms with E-state index in [4.69, 9.17) is 0 Å². The fourth-order valence-electron chi connectivity index (χ4n) is 3.00. The lowest BCUT2D eigenvalue weighted by atomic mass is 9.97. The summed E-state index contributed by atoms with van der Waals surface area (Å²) >= 11 is 0. The zero-order valence-corrected chi connectivity index (χ0v) is 14.4. The Morgan fingerprint density at radius 3 is 2.73 bits per heavy atom. The molecule has 3 aromatic rings. The third-order valence-electron chi connectivity index (χ3n) is 4.21. The first kappa shape index (κ1) is 16.2. The van der Waals surface area contributed by atoms with Crippen molar-refractivity contribution in [2.75, 3.05) is 0 Å². The number of aromatic amines is 1. The second-order valence-corrected chi connectivity index (χ2v) is 7.55. The summed E-state index contributed by atoms with van der Waals surface area (Å²) in [5, 5.41) is 10.1. The monoisotopic (exact) mass is 364 g/mol. The Morgan fingerprint density at radius 1 is 1.19 bits per heavy atom. The molecule has 4 rings (SSSR count). The maximum absolute atomic E-state index is 12.4. The molecule has 1 aliphatic rings. The first-order valence-electron chi connectivity index (χ1n) is 7.75. The first-order valence-corrected chi connectivity index (χ1v) is 9.19. The van der Waals surface area contributed by atoms with Crippen LogP contribution in [0.3, 0.4) is 0 Å².